The van der Waals surface area contributed by atoms with Gasteiger partial charge in [0.05, 0.1) is 13.3 Å². The summed E-state index contributed by atoms with van der Waals surface area (Å²) in [6.07, 6.45) is 6.96. The molecular formula is C18H32N6O2. The largest absolute Gasteiger partial charge is 0.324 e. The lowest BCUT2D eigenvalue weighted by molar-refractivity contribution is 0.0675. The average Bonchev–Trinajstić information content (AvgIpc) is 3.05. The summed E-state index contributed by atoms with van der Waals surface area (Å²) in [4.78, 5) is 37.9. The Morgan fingerprint density at radius 3 is 1.35 bits per heavy atom. The Morgan fingerprint density at radius 1 is 0.654 bits per heavy atom. The first-order valence-corrected chi connectivity index (χ1v) is 10.1. The molecule has 4 amide bonds. The molecule has 8 heteroatoms. The molecule has 0 unspecified atom stereocenters. The van der Waals surface area contributed by atoms with E-state index >= 15 is 0 Å². The first-order valence-electron chi connectivity index (χ1n) is 10.1. The Morgan fingerprint density at radius 2 is 1.00 bits per heavy atom. The van der Waals surface area contributed by atoms with Crippen molar-refractivity contribution in [3.05, 3.63) is 0 Å². The molecule has 4 rings (SSSR count). The van der Waals surface area contributed by atoms with E-state index in [1.54, 1.807) is 9.80 Å². The molecule has 0 saturated carbocycles. The number of piperidine rings is 2. The number of hydrogen-bond donors (Lipinski definition) is 0. The van der Waals surface area contributed by atoms with Gasteiger partial charge in [-0.1, -0.05) is 12.8 Å². The third-order valence-corrected chi connectivity index (χ3v) is 6.40. The highest BCUT2D eigenvalue weighted by Gasteiger charge is 2.57. The van der Waals surface area contributed by atoms with Crippen molar-refractivity contribution in [1.82, 2.24) is 29.4 Å². The van der Waals surface area contributed by atoms with Crippen LogP contribution in [0.25, 0.3) is 0 Å². The molecular weight excluding hydrogens is 332 g/mol. The van der Waals surface area contributed by atoms with Crippen molar-refractivity contribution >= 4 is 12.1 Å². The highest BCUT2D eigenvalue weighted by molar-refractivity contribution is 5.84. The Labute approximate surface area is 156 Å². The van der Waals surface area contributed by atoms with Crippen LogP contribution in [-0.4, -0.2) is 107 Å². The highest BCUT2D eigenvalue weighted by atomic mass is 16.2. The molecule has 0 aromatic heterocycles. The molecule has 0 spiro atoms. The van der Waals surface area contributed by atoms with Gasteiger partial charge >= 0.3 is 12.1 Å². The van der Waals surface area contributed by atoms with Gasteiger partial charge in [0, 0.05) is 14.1 Å². The summed E-state index contributed by atoms with van der Waals surface area (Å²) in [7, 11) is 3.68. The average molecular weight is 364 g/mol. The second kappa shape index (κ2) is 7.23. The Kier molecular flexibility index (Phi) is 4.96. The molecule has 0 N–H and O–H groups in total. The zero-order valence-electron chi connectivity index (χ0n) is 16.1. The SMILES string of the molecule is CN1C(=O)N(CN2CCCCC2)[C@@H]2[C@H]1N(CN1CCCCC1)C(=O)N2C. The third-order valence-electron chi connectivity index (χ3n) is 6.40. The fourth-order valence-electron chi connectivity index (χ4n) is 4.92. The van der Waals surface area contributed by atoms with E-state index in [-0.39, 0.29) is 24.4 Å². The number of likely N-dealkylation sites (tertiary alicyclic amines) is 2. The van der Waals surface area contributed by atoms with E-state index in [1.165, 1.54) is 38.5 Å². The number of hydrogen-bond acceptors (Lipinski definition) is 4. The molecule has 0 bridgehead atoms. The standard InChI is InChI=1S/C18H32N6O2/c1-19-15-16(24(17(19)25)14-22-11-7-4-8-12-22)20(2)18(26)23(15)13-21-9-5-3-6-10-21/h15-16H,3-14H2,1-2H3/t15-,16-/m1/s1. The van der Waals surface area contributed by atoms with Crippen molar-refractivity contribution in [2.45, 2.75) is 50.9 Å². The van der Waals surface area contributed by atoms with Gasteiger partial charge in [-0.2, -0.15) is 0 Å². The van der Waals surface area contributed by atoms with Gasteiger partial charge in [0.1, 0.15) is 0 Å². The van der Waals surface area contributed by atoms with E-state index < -0.39 is 0 Å². The summed E-state index contributed by atoms with van der Waals surface area (Å²) in [5.41, 5.74) is 0. The maximum Gasteiger partial charge on any atom is 0.324 e. The molecule has 2 atom stereocenters. The minimum absolute atomic E-state index is 0.0357. The molecule has 8 nitrogen and oxygen atoms in total. The monoisotopic (exact) mass is 364 g/mol. The van der Waals surface area contributed by atoms with Crippen LogP contribution in [0.3, 0.4) is 0 Å². The van der Waals surface area contributed by atoms with E-state index in [0.29, 0.717) is 13.3 Å². The van der Waals surface area contributed by atoms with E-state index in [9.17, 15) is 9.59 Å². The maximum absolute atomic E-state index is 12.9. The molecule has 4 fully saturated rings. The van der Waals surface area contributed by atoms with E-state index in [0.717, 1.165) is 26.2 Å². The quantitative estimate of drug-likeness (QED) is 0.754. The number of amides is 4. The molecule has 4 heterocycles. The van der Waals surface area contributed by atoms with Crippen molar-refractivity contribution in [3.63, 3.8) is 0 Å². The number of fused-ring (bicyclic) bond motifs is 1. The van der Waals surface area contributed by atoms with Crippen LogP contribution in [-0.2, 0) is 0 Å². The molecule has 4 aliphatic rings. The molecule has 4 saturated heterocycles. The van der Waals surface area contributed by atoms with Gasteiger partial charge in [-0.05, 0) is 51.9 Å². The molecule has 0 aromatic carbocycles. The van der Waals surface area contributed by atoms with Gasteiger partial charge < -0.3 is 9.80 Å². The number of urea groups is 2. The lowest BCUT2D eigenvalue weighted by atomic mass is 10.1. The van der Waals surface area contributed by atoms with Crippen LogP contribution < -0.4 is 0 Å². The number of carbonyl (C=O) groups excluding carboxylic acids is 2. The number of nitrogens with zero attached hydrogens (tertiary/aromatic N) is 6. The van der Waals surface area contributed by atoms with Crippen LogP contribution in [0, 0.1) is 0 Å². The summed E-state index contributed by atoms with van der Waals surface area (Å²) in [5, 5.41) is 0. The predicted molar refractivity (Wildman–Crippen MR) is 98.2 cm³/mol. The first kappa shape index (κ1) is 17.9. The molecule has 26 heavy (non-hydrogen) atoms. The lowest BCUT2D eigenvalue weighted by Gasteiger charge is -2.34. The predicted octanol–water partition coefficient (Wildman–Crippen LogP) is 1.26. The van der Waals surface area contributed by atoms with E-state index in [4.69, 9.17) is 0 Å². The molecule has 0 radical (unpaired) electrons. The van der Waals surface area contributed by atoms with Crippen LogP contribution in [0.5, 0.6) is 0 Å². The van der Waals surface area contributed by atoms with Gasteiger partial charge in [-0.3, -0.25) is 19.6 Å². The highest BCUT2D eigenvalue weighted by Crippen LogP contribution is 2.34. The van der Waals surface area contributed by atoms with Gasteiger partial charge in [0.15, 0.2) is 12.3 Å². The van der Waals surface area contributed by atoms with Crippen LogP contribution in [0.15, 0.2) is 0 Å². The van der Waals surface area contributed by atoms with Crippen molar-refractivity contribution < 1.29 is 9.59 Å². The van der Waals surface area contributed by atoms with Crippen molar-refractivity contribution in [2.75, 3.05) is 53.6 Å². The zero-order chi connectivity index (χ0) is 18.3. The Bertz CT molecular complexity index is 498. The van der Waals surface area contributed by atoms with E-state index in [1.807, 2.05) is 23.9 Å². The number of carbonyl (C=O) groups is 2. The molecule has 146 valence electrons. The van der Waals surface area contributed by atoms with E-state index in [2.05, 4.69) is 9.80 Å². The second-order valence-corrected chi connectivity index (χ2v) is 8.19. The topological polar surface area (TPSA) is 53.6 Å². The summed E-state index contributed by atoms with van der Waals surface area (Å²) in [5.74, 6) is 0. The third kappa shape index (κ3) is 3.03. The zero-order valence-corrected chi connectivity index (χ0v) is 16.1. The summed E-state index contributed by atoms with van der Waals surface area (Å²) < 4.78 is 0. The smallest absolute Gasteiger partial charge is 0.303 e. The van der Waals surface area contributed by atoms with Crippen LogP contribution in [0.4, 0.5) is 9.59 Å². The van der Waals surface area contributed by atoms with Crippen molar-refractivity contribution in [1.29, 1.82) is 0 Å². The van der Waals surface area contributed by atoms with Gasteiger partial charge in [0.2, 0.25) is 0 Å². The summed E-state index contributed by atoms with van der Waals surface area (Å²) >= 11 is 0. The minimum Gasteiger partial charge on any atom is -0.303 e. The van der Waals surface area contributed by atoms with Crippen LogP contribution in [0.2, 0.25) is 0 Å². The molecule has 0 aromatic rings. The van der Waals surface area contributed by atoms with Crippen molar-refractivity contribution in [2.24, 2.45) is 0 Å². The van der Waals surface area contributed by atoms with Gasteiger partial charge in [0.25, 0.3) is 0 Å². The normalized spacial score (nSPS) is 31.3. The second-order valence-electron chi connectivity index (χ2n) is 8.19. The fourth-order valence-corrected chi connectivity index (χ4v) is 4.92. The summed E-state index contributed by atoms with van der Waals surface area (Å²) in [6.45, 7) is 5.42. The Hall–Kier alpha value is -1.54. The van der Waals surface area contributed by atoms with Crippen molar-refractivity contribution in [3.8, 4) is 0 Å². The van der Waals surface area contributed by atoms with Gasteiger partial charge in [-0.25, -0.2) is 9.59 Å². The maximum atomic E-state index is 12.9. The number of rotatable bonds is 4. The van der Waals surface area contributed by atoms with Crippen LogP contribution in [0.1, 0.15) is 38.5 Å². The number of likely N-dealkylation sites (N-methyl/N-ethyl adjacent to an activating group) is 2. The first-order chi connectivity index (χ1) is 12.6. The molecule has 0 aliphatic carbocycles. The Balaban J connectivity index is 1.50. The minimum atomic E-state index is -0.188. The summed E-state index contributed by atoms with van der Waals surface area (Å²) in [6, 6.07) is 0.0714. The molecule has 4 aliphatic heterocycles. The lowest BCUT2D eigenvalue weighted by Crippen LogP contribution is -2.50. The fraction of sp³-hybridized carbons (Fsp3) is 0.889. The van der Waals surface area contributed by atoms with Crippen LogP contribution >= 0.6 is 0 Å². The van der Waals surface area contributed by atoms with Gasteiger partial charge in [-0.15, -0.1) is 0 Å².